The van der Waals surface area contributed by atoms with Gasteiger partial charge in [-0.2, -0.15) is 0 Å². The standard InChI is InChI=1S/C17H14Cl2N4O4S/c1-27-14(25)5-4-13(24)20-8-2-3-10-12(6-8)28-17(22-10)23-16(26)11-7-9(18)15(19)21-11/h2-3,6-7,21H,4-5H2,1H3,(H,20,24)(H,22,23,26). The molecule has 0 bridgehead atoms. The number of halogens is 2. The highest BCUT2D eigenvalue weighted by Gasteiger charge is 2.14. The molecule has 0 radical (unpaired) electrons. The summed E-state index contributed by atoms with van der Waals surface area (Å²) in [5.41, 5.74) is 1.44. The molecule has 0 unspecified atom stereocenters. The van der Waals surface area contributed by atoms with Crippen LogP contribution in [0.2, 0.25) is 10.2 Å². The summed E-state index contributed by atoms with van der Waals surface area (Å²) in [7, 11) is 1.27. The van der Waals surface area contributed by atoms with Crippen molar-refractivity contribution in [3.63, 3.8) is 0 Å². The van der Waals surface area contributed by atoms with E-state index in [2.05, 4.69) is 25.3 Å². The molecule has 0 saturated heterocycles. The highest BCUT2D eigenvalue weighted by Crippen LogP contribution is 2.29. The van der Waals surface area contributed by atoms with Crippen molar-refractivity contribution in [2.24, 2.45) is 0 Å². The van der Waals surface area contributed by atoms with E-state index in [9.17, 15) is 14.4 Å². The number of esters is 1. The molecule has 0 spiro atoms. The molecule has 0 fully saturated rings. The zero-order valence-electron chi connectivity index (χ0n) is 14.5. The van der Waals surface area contributed by atoms with Gasteiger partial charge in [-0.05, 0) is 24.3 Å². The van der Waals surface area contributed by atoms with Gasteiger partial charge in [-0.25, -0.2) is 4.98 Å². The Balaban J connectivity index is 1.67. The summed E-state index contributed by atoms with van der Waals surface area (Å²) in [6.07, 6.45) is 0.0318. The van der Waals surface area contributed by atoms with Gasteiger partial charge in [0, 0.05) is 12.1 Å². The van der Waals surface area contributed by atoms with Crippen LogP contribution in [0.15, 0.2) is 24.3 Å². The summed E-state index contributed by atoms with van der Waals surface area (Å²) < 4.78 is 5.27. The Morgan fingerprint density at radius 3 is 2.64 bits per heavy atom. The number of carbonyl (C=O) groups excluding carboxylic acids is 3. The fourth-order valence-corrected chi connectivity index (χ4v) is 3.50. The maximum absolute atomic E-state index is 12.2. The minimum atomic E-state index is -0.446. The number of thiazole rings is 1. The zero-order chi connectivity index (χ0) is 20.3. The van der Waals surface area contributed by atoms with Crippen molar-refractivity contribution in [1.82, 2.24) is 9.97 Å². The van der Waals surface area contributed by atoms with E-state index < -0.39 is 11.9 Å². The van der Waals surface area contributed by atoms with Gasteiger partial charge >= 0.3 is 5.97 Å². The van der Waals surface area contributed by atoms with Gasteiger partial charge in [0.05, 0.1) is 28.8 Å². The number of H-pyrrole nitrogens is 1. The van der Waals surface area contributed by atoms with E-state index in [0.717, 1.165) is 4.70 Å². The number of nitrogens with one attached hydrogen (secondary N) is 3. The molecular weight excluding hydrogens is 427 g/mol. The number of carbonyl (C=O) groups is 3. The first-order valence-electron chi connectivity index (χ1n) is 7.98. The lowest BCUT2D eigenvalue weighted by molar-refractivity contribution is -0.141. The van der Waals surface area contributed by atoms with Crippen LogP contribution in [0, 0.1) is 0 Å². The Kier molecular flexibility index (Phi) is 6.18. The molecule has 8 nitrogen and oxygen atoms in total. The summed E-state index contributed by atoms with van der Waals surface area (Å²) >= 11 is 12.9. The largest absolute Gasteiger partial charge is 0.469 e. The van der Waals surface area contributed by atoms with Crippen LogP contribution in [0.1, 0.15) is 23.3 Å². The molecule has 2 amide bonds. The van der Waals surface area contributed by atoms with Crippen LogP contribution in [0.4, 0.5) is 10.8 Å². The summed E-state index contributed by atoms with van der Waals surface area (Å²) in [6.45, 7) is 0. The van der Waals surface area contributed by atoms with Gasteiger partial charge in [-0.1, -0.05) is 34.5 Å². The van der Waals surface area contributed by atoms with Crippen LogP contribution in [-0.4, -0.2) is 34.9 Å². The molecule has 3 rings (SSSR count). The molecule has 11 heteroatoms. The summed E-state index contributed by atoms with van der Waals surface area (Å²) in [4.78, 5) is 42.2. The molecule has 146 valence electrons. The van der Waals surface area contributed by atoms with E-state index in [-0.39, 0.29) is 34.6 Å². The Hall–Kier alpha value is -2.62. The van der Waals surface area contributed by atoms with Crippen molar-refractivity contribution >= 4 is 73.4 Å². The number of hydrogen-bond acceptors (Lipinski definition) is 6. The number of methoxy groups -OCH3 is 1. The second-order valence-electron chi connectivity index (χ2n) is 5.62. The van der Waals surface area contributed by atoms with Gasteiger partial charge in [0.15, 0.2) is 5.13 Å². The third-order valence-electron chi connectivity index (χ3n) is 3.65. The quantitative estimate of drug-likeness (QED) is 0.499. The average molecular weight is 441 g/mol. The first-order valence-corrected chi connectivity index (χ1v) is 9.55. The van der Waals surface area contributed by atoms with E-state index in [0.29, 0.717) is 16.3 Å². The van der Waals surface area contributed by atoms with Crippen molar-refractivity contribution in [2.75, 3.05) is 17.7 Å². The van der Waals surface area contributed by atoms with Crippen LogP contribution >= 0.6 is 34.5 Å². The van der Waals surface area contributed by atoms with Crippen molar-refractivity contribution in [2.45, 2.75) is 12.8 Å². The lowest BCUT2D eigenvalue weighted by atomic mass is 10.2. The van der Waals surface area contributed by atoms with E-state index in [4.69, 9.17) is 23.2 Å². The molecule has 28 heavy (non-hydrogen) atoms. The topological polar surface area (TPSA) is 113 Å². The number of ether oxygens (including phenoxy) is 1. The number of amides is 2. The Morgan fingerprint density at radius 2 is 1.96 bits per heavy atom. The molecule has 0 aliphatic carbocycles. The number of aromatic amines is 1. The van der Waals surface area contributed by atoms with Crippen LogP contribution in [0.3, 0.4) is 0 Å². The number of nitrogens with zero attached hydrogens (tertiary/aromatic N) is 1. The average Bonchev–Trinajstić information content (AvgIpc) is 3.21. The zero-order valence-corrected chi connectivity index (χ0v) is 16.8. The number of aromatic nitrogens is 2. The van der Waals surface area contributed by atoms with Crippen molar-refractivity contribution < 1.29 is 19.1 Å². The lowest BCUT2D eigenvalue weighted by Gasteiger charge is -2.04. The number of benzene rings is 1. The van der Waals surface area contributed by atoms with E-state index in [1.807, 2.05) is 0 Å². The lowest BCUT2D eigenvalue weighted by Crippen LogP contribution is -2.13. The molecule has 0 aliphatic heterocycles. The van der Waals surface area contributed by atoms with E-state index in [1.165, 1.54) is 24.5 Å². The Bertz CT molecular complexity index is 1040. The van der Waals surface area contributed by atoms with E-state index in [1.54, 1.807) is 18.2 Å². The molecule has 0 aliphatic rings. The molecule has 2 aromatic heterocycles. The first kappa shape index (κ1) is 20.1. The van der Waals surface area contributed by atoms with Crippen molar-refractivity contribution in [1.29, 1.82) is 0 Å². The van der Waals surface area contributed by atoms with Gasteiger partial charge < -0.3 is 15.0 Å². The molecule has 0 atom stereocenters. The summed E-state index contributed by atoms with van der Waals surface area (Å²) in [6, 6.07) is 6.57. The third kappa shape index (κ3) is 4.80. The minimum absolute atomic E-state index is 0.00803. The fourth-order valence-electron chi connectivity index (χ4n) is 2.29. The number of anilines is 2. The number of fused-ring (bicyclic) bond motifs is 1. The molecule has 2 heterocycles. The highest BCUT2D eigenvalue weighted by atomic mass is 35.5. The molecule has 3 aromatic rings. The van der Waals surface area contributed by atoms with Gasteiger partial charge in [-0.3, -0.25) is 19.7 Å². The predicted molar refractivity (Wildman–Crippen MR) is 108 cm³/mol. The van der Waals surface area contributed by atoms with Crippen LogP contribution < -0.4 is 10.6 Å². The normalized spacial score (nSPS) is 10.7. The van der Waals surface area contributed by atoms with Crippen LogP contribution in [-0.2, 0) is 14.3 Å². The van der Waals surface area contributed by atoms with Crippen LogP contribution in [0.5, 0.6) is 0 Å². The maximum atomic E-state index is 12.2. The maximum Gasteiger partial charge on any atom is 0.306 e. The fraction of sp³-hybridized carbons (Fsp3) is 0.176. The van der Waals surface area contributed by atoms with Gasteiger partial charge in [0.2, 0.25) is 5.91 Å². The van der Waals surface area contributed by atoms with Gasteiger partial charge in [0.25, 0.3) is 5.91 Å². The molecular formula is C17H14Cl2N4O4S. The van der Waals surface area contributed by atoms with Crippen molar-refractivity contribution in [3.8, 4) is 0 Å². The van der Waals surface area contributed by atoms with Crippen LogP contribution in [0.25, 0.3) is 10.2 Å². The second-order valence-corrected chi connectivity index (χ2v) is 7.44. The predicted octanol–water partition coefficient (Wildman–Crippen LogP) is 4.08. The Labute approximate surface area is 173 Å². The Morgan fingerprint density at radius 1 is 1.18 bits per heavy atom. The first-order chi connectivity index (χ1) is 13.4. The molecule has 3 N–H and O–H groups in total. The minimum Gasteiger partial charge on any atom is -0.469 e. The SMILES string of the molecule is COC(=O)CCC(=O)Nc1ccc2nc(NC(=O)c3cc(Cl)c(Cl)[nH]3)sc2c1. The summed E-state index contributed by atoms with van der Waals surface area (Å²) in [5, 5.41) is 6.20. The number of hydrogen-bond donors (Lipinski definition) is 3. The second kappa shape index (κ2) is 8.59. The summed E-state index contributed by atoms with van der Waals surface area (Å²) in [5.74, 6) is -1.18. The highest BCUT2D eigenvalue weighted by molar-refractivity contribution is 7.22. The van der Waals surface area contributed by atoms with Gasteiger partial charge in [-0.15, -0.1) is 0 Å². The smallest absolute Gasteiger partial charge is 0.306 e. The molecule has 0 saturated carbocycles. The molecule has 1 aromatic carbocycles. The van der Waals surface area contributed by atoms with Gasteiger partial charge in [0.1, 0.15) is 10.8 Å². The van der Waals surface area contributed by atoms with E-state index >= 15 is 0 Å². The number of rotatable bonds is 6. The monoisotopic (exact) mass is 440 g/mol. The third-order valence-corrected chi connectivity index (χ3v) is 5.27. The van der Waals surface area contributed by atoms with Crippen molar-refractivity contribution in [3.05, 3.63) is 40.1 Å².